The molecule has 0 amide bonds. The van der Waals surface area contributed by atoms with Crippen molar-refractivity contribution in [2.45, 2.75) is 26.2 Å². The molecule has 0 bridgehead atoms. The fourth-order valence-electron chi connectivity index (χ4n) is 1.19. The summed E-state index contributed by atoms with van der Waals surface area (Å²) in [5.41, 5.74) is 0.633. The summed E-state index contributed by atoms with van der Waals surface area (Å²) >= 11 is 0. The van der Waals surface area contributed by atoms with Crippen LogP contribution in [0, 0.1) is 17.2 Å². The van der Waals surface area contributed by atoms with E-state index >= 15 is 0 Å². The molecule has 0 spiro atoms. The van der Waals surface area contributed by atoms with Crippen LogP contribution in [0.4, 0.5) is 14.6 Å². The summed E-state index contributed by atoms with van der Waals surface area (Å²) in [5, 5.41) is 11.4. The highest BCUT2D eigenvalue weighted by molar-refractivity contribution is 5.35. The standard InChI is InChI=1S/C12H15F2N3/c1-9(12(2,13)14)8-16-11-5-3-4-10(17-11)6-7-15/h3-5,9H,6,8H2,1-2H3,(H,16,17). The molecular weight excluding hydrogens is 224 g/mol. The Morgan fingerprint density at radius 3 is 2.82 bits per heavy atom. The van der Waals surface area contributed by atoms with Crippen LogP contribution in [0.2, 0.25) is 0 Å². The van der Waals surface area contributed by atoms with Crippen LogP contribution in [-0.4, -0.2) is 17.5 Å². The van der Waals surface area contributed by atoms with Crippen molar-refractivity contribution in [3.8, 4) is 6.07 Å². The van der Waals surface area contributed by atoms with Gasteiger partial charge in [0.1, 0.15) is 5.82 Å². The van der Waals surface area contributed by atoms with E-state index < -0.39 is 11.8 Å². The lowest BCUT2D eigenvalue weighted by atomic mass is 10.1. The van der Waals surface area contributed by atoms with Gasteiger partial charge in [0.2, 0.25) is 5.92 Å². The molecule has 1 N–H and O–H groups in total. The number of halogens is 2. The molecule has 1 aromatic rings. The van der Waals surface area contributed by atoms with Gasteiger partial charge in [-0.25, -0.2) is 13.8 Å². The Balaban J connectivity index is 2.58. The molecule has 0 aliphatic carbocycles. The Morgan fingerprint density at radius 1 is 1.53 bits per heavy atom. The Bertz CT molecular complexity index is 407. The predicted octanol–water partition coefficient (Wildman–Crippen LogP) is 2.85. The van der Waals surface area contributed by atoms with Gasteiger partial charge in [-0.2, -0.15) is 5.26 Å². The van der Waals surface area contributed by atoms with E-state index in [9.17, 15) is 8.78 Å². The molecule has 3 nitrogen and oxygen atoms in total. The number of nitrogens with zero attached hydrogens (tertiary/aromatic N) is 2. The third-order valence-corrected chi connectivity index (χ3v) is 2.52. The SMILES string of the molecule is CC(CNc1cccc(CC#N)n1)C(C)(F)F. The van der Waals surface area contributed by atoms with Gasteiger partial charge in [0, 0.05) is 12.5 Å². The van der Waals surface area contributed by atoms with E-state index in [1.807, 2.05) is 6.07 Å². The predicted molar refractivity (Wildman–Crippen MR) is 61.8 cm³/mol. The minimum absolute atomic E-state index is 0.145. The summed E-state index contributed by atoms with van der Waals surface area (Å²) in [6.07, 6.45) is 0.217. The molecule has 1 heterocycles. The number of alkyl halides is 2. The number of nitriles is 1. The fraction of sp³-hybridized carbons (Fsp3) is 0.500. The Morgan fingerprint density at radius 2 is 2.24 bits per heavy atom. The smallest absolute Gasteiger partial charge is 0.249 e. The van der Waals surface area contributed by atoms with Crippen molar-refractivity contribution in [1.82, 2.24) is 4.98 Å². The lowest BCUT2D eigenvalue weighted by molar-refractivity contribution is -0.0271. The van der Waals surface area contributed by atoms with Crippen LogP contribution in [0.3, 0.4) is 0 Å². The van der Waals surface area contributed by atoms with Crippen LogP contribution in [0.25, 0.3) is 0 Å². The van der Waals surface area contributed by atoms with Crippen molar-refractivity contribution in [3.63, 3.8) is 0 Å². The minimum Gasteiger partial charge on any atom is -0.370 e. The van der Waals surface area contributed by atoms with Gasteiger partial charge in [-0.05, 0) is 19.1 Å². The molecule has 0 aromatic carbocycles. The van der Waals surface area contributed by atoms with Crippen molar-refractivity contribution in [2.75, 3.05) is 11.9 Å². The summed E-state index contributed by atoms with van der Waals surface area (Å²) in [7, 11) is 0. The van der Waals surface area contributed by atoms with Gasteiger partial charge in [0.15, 0.2) is 0 Å². The van der Waals surface area contributed by atoms with Crippen molar-refractivity contribution in [3.05, 3.63) is 23.9 Å². The van der Waals surface area contributed by atoms with E-state index in [0.29, 0.717) is 11.5 Å². The fourth-order valence-corrected chi connectivity index (χ4v) is 1.19. The zero-order valence-electron chi connectivity index (χ0n) is 9.87. The number of pyridine rings is 1. The van der Waals surface area contributed by atoms with Crippen LogP contribution in [0.5, 0.6) is 0 Å². The van der Waals surface area contributed by atoms with Gasteiger partial charge >= 0.3 is 0 Å². The highest BCUT2D eigenvalue weighted by Gasteiger charge is 2.29. The Kier molecular flexibility index (Phi) is 4.38. The first kappa shape index (κ1) is 13.4. The average molecular weight is 239 g/mol. The molecule has 92 valence electrons. The van der Waals surface area contributed by atoms with Gasteiger partial charge < -0.3 is 5.32 Å². The molecule has 0 radical (unpaired) electrons. The first-order valence-electron chi connectivity index (χ1n) is 5.38. The summed E-state index contributed by atoms with van der Waals surface area (Å²) in [5.74, 6) is -2.96. The molecule has 1 aromatic heterocycles. The largest absolute Gasteiger partial charge is 0.370 e. The highest BCUT2D eigenvalue weighted by Crippen LogP contribution is 2.23. The van der Waals surface area contributed by atoms with Crippen LogP contribution in [0.1, 0.15) is 19.5 Å². The second kappa shape index (κ2) is 5.58. The lowest BCUT2D eigenvalue weighted by Gasteiger charge is -2.19. The third kappa shape index (κ3) is 4.35. The number of hydrogen-bond donors (Lipinski definition) is 1. The van der Waals surface area contributed by atoms with E-state index in [-0.39, 0.29) is 13.0 Å². The van der Waals surface area contributed by atoms with Crippen LogP contribution >= 0.6 is 0 Å². The lowest BCUT2D eigenvalue weighted by Crippen LogP contribution is -2.28. The second-order valence-electron chi connectivity index (χ2n) is 4.09. The Labute approximate surface area is 99.5 Å². The molecule has 0 fully saturated rings. The molecule has 1 rings (SSSR count). The molecule has 1 atom stereocenters. The van der Waals surface area contributed by atoms with Crippen LogP contribution < -0.4 is 5.32 Å². The van der Waals surface area contributed by atoms with Crippen molar-refractivity contribution in [2.24, 2.45) is 5.92 Å². The summed E-state index contributed by atoms with van der Waals surface area (Å²) in [6.45, 7) is 2.53. The molecule has 0 saturated carbocycles. The minimum atomic E-state index is -2.71. The van der Waals surface area contributed by atoms with Crippen LogP contribution in [0.15, 0.2) is 18.2 Å². The van der Waals surface area contributed by atoms with Crippen molar-refractivity contribution in [1.29, 1.82) is 5.26 Å². The first-order chi connectivity index (χ1) is 7.93. The number of hydrogen-bond acceptors (Lipinski definition) is 3. The highest BCUT2D eigenvalue weighted by atomic mass is 19.3. The molecule has 0 saturated heterocycles. The second-order valence-corrected chi connectivity index (χ2v) is 4.09. The normalized spacial score (nSPS) is 12.9. The number of anilines is 1. The molecule has 0 aliphatic rings. The van der Waals surface area contributed by atoms with E-state index in [1.54, 1.807) is 18.2 Å². The Hall–Kier alpha value is -1.70. The molecule has 0 aliphatic heterocycles. The zero-order valence-corrected chi connectivity index (χ0v) is 9.87. The summed E-state index contributed by atoms with van der Waals surface area (Å²) in [4.78, 5) is 4.14. The monoisotopic (exact) mass is 239 g/mol. The molecular formula is C12H15F2N3. The maximum absolute atomic E-state index is 12.9. The van der Waals surface area contributed by atoms with Crippen molar-refractivity contribution >= 4 is 5.82 Å². The van der Waals surface area contributed by atoms with E-state index in [4.69, 9.17) is 5.26 Å². The quantitative estimate of drug-likeness (QED) is 0.859. The summed E-state index contributed by atoms with van der Waals surface area (Å²) < 4.78 is 25.8. The van der Waals surface area contributed by atoms with Gasteiger partial charge in [-0.1, -0.05) is 13.0 Å². The first-order valence-corrected chi connectivity index (χ1v) is 5.38. The third-order valence-electron chi connectivity index (χ3n) is 2.52. The van der Waals surface area contributed by atoms with E-state index in [1.165, 1.54) is 6.92 Å². The average Bonchev–Trinajstić information content (AvgIpc) is 2.25. The van der Waals surface area contributed by atoms with E-state index in [0.717, 1.165) is 6.92 Å². The van der Waals surface area contributed by atoms with Crippen LogP contribution in [-0.2, 0) is 6.42 Å². The van der Waals surface area contributed by atoms with Gasteiger partial charge in [-0.3, -0.25) is 0 Å². The number of rotatable bonds is 5. The van der Waals surface area contributed by atoms with Crippen molar-refractivity contribution < 1.29 is 8.78 Å². The maximum Gasteiger partial charge on any atom is 0.249 e. The van der Waals surface area contributed by atoms with Gasteiger partial charge in [0.05, 0.1) is 18.2 Å². The molecule has 17 heavy (non-hydrogen) atoms. The zero-order chi connectivity index (χ0) is 12.9. The number of nitrogens with one attached hydrogen (secondary N) is 1. The maximum atomic E-state index is 12.9. The van der Waals surface area contributed by atoms with E-state index in [2.05, 4.69) is 10.3 Å². The van der Waals surface area contributed by atoms with Gasteiger partial charge in [-0.15, -0.1) is 0 Å². The molecule has 1 unspecified atom stereocenters. The van der Waals surface area contributed by atoms with Gasteiger partial charge in [0.25, 0.3) is 0 Å². The summed E-state index contributed by atoms with van der Waals surface area (Å²) in [6, 6.07) is 7.16. The number of aromatic nitrogens is 1. The topological polar surface area (TPSA) is 48.7 Å². The molecule has 5 heteroatoms.